The van der Waals surface area contributed by atoms with E-state index in [2.05, 4.69) is 23.5 Å². The minimum absolute atomic E-state index is 0.563. The molecule has 0 amide bonds. The first-order valence-corrected chi connectivity index (χ1v) is 10.5. The molecule has 0 spiro atoms. The van der Waals surface area contributed by atoms with Gasteiger partial charge in [-0.15, -0.1) is 0 Å². The van der Waals surface area contributed by atoms with Crippen LogP contribution in [-0.4, -0.2) is 0 Å². The Morgan fingerprint density at radius 1 is 0.793 bits per heavy atom. The van der Waals surface area contributed by atoms with Crippen molar-refractivity contribution in [3.05, 3.63) is 102 Å². The smallest absolute Gasteiger partial charge is 0.129 e. The lowest BCUT2D eigenvalue weighted by Crippen LogP contribution is -2.13. The SMILES string of the molecule is C1=CNC([C]2CCCCCC2)=CC(Oc2ccc(OCc3ccccc3)cc2)=C1. The maximum absolute atomic E-state index is 6.13. The second kappa shape index (κ2) is 10.0. The molecule has 0 saturated heterocycles. The Labute approximate surface area is 173 Å². The number of allylic oxidation sites excluding steroid dienone is 4. The molecular weight excluding hydrogens is 358 g/mol. The number of hydrogen-bond donors (Lipinski definition) is 1. The maximum atomic E-state index is 6.13. The van der Waals surface area contributed by atoms with Crippen LogP contribution in [-0.2, 0) is 6.61 Å². The molecule has 1 saturated carbocycles. The van der Waals surface area contributed by atoms with E-state index in [1.807, 2.05) is 60.8 Å². The van der Waals surface area contributed by atoms with Gasteiger partial charge in [0, 0.05) is 23.9 Å². The van der Waals surface area contributed by atoms with E-state index in [1.54, 1.807) is 0 Å². The topological polar surface area (TPSA) is 30.5 Å². The lowest BCUT2D eigenvalue weighted by molar-refractivity contribution is 0.305. The fourth-order valence-electron chi connectivity index (χ4n) is 3.69. The van der Waals surface area contributed by atoms with Crippen molar-refractivity contribution in [3.63, 3.8) is 0 Å². The van der Waals surface area contributed by atoms with Gasteiger partial charge in [0.2, 0.25) is 0 Å². The van der Waals surface area contributed by atoms with Crippen LogP contribution in [0.15, 0.2) is 90.5 Å². The highest BCUT2D eigenvalue weighted by Gasteiger charge is 2.18. The number of hydrogen-bond acceptors (Lipinski definition) is 3. The Bertz CT molecular complexity index is 857. The van der Waals surface area contributed by atoms with Crippen LogP contribution in [0.1, 0.15) is 44.1 Å². The molecule has 0 unspecified atom stereocenters. The van der Waals surface area contributed by atoms with E-state index in [9.17, 15) is 0 Å². The molecule has 1 aliphatic carbocycles. The molecule has 1 radical (unpaired) electrons. The Balaban J connectivity index is 1.37. The minimum Gasteiger partial charge on any atom is -0.489 e. The van der Waals surface area contributed by atoms with E-state index in [0.717, 1.165) is 22.8 Å². The molecule has 0 aromatic heterocycles. The van der Waals surface area contributed by atoms with Gasteiger partial charge in [0.25, 0.3) is 0 Å². The molecule has 1 heterocycles. The molecule has 2 aromatic rings. The van der Waals surface area contributed by atoms with Crippen molar-refractivity contribution < 1.29 is 9.47 Å². The molecule has 1 fully saturated rings. The third-order valence-corrected chi connectivity index (χ3v) is 5.28. The Hall–Kier alpha value is -2.94. The van der Waals surface area contributed by atoms with Gasteiger partial charge in [0.1, 0.15) is 23.9 Å². The van der Waals surface area contributed by atoms with E-state index in [0.29, 0.717) is 6.61 Å². The number of ether oxygens (including phenoxy) is 2. The molecule has 3 heteroatoms. The Morgan fingerprint density at radius 2 is 1.52 bits per heavy atom. The lowest BCUT2D eigenvalue weighted by Gasteiger charge is -2.18. The first-order valence-electron chi connectivity index (χ1n) is 10.5. The molecule has 2 aromatic carbocycles. The molecule has 0 bridgehead atoms. The zero-order chi connectivity index (χ0) is 19.7. The summed E-state index contributed by atoms with van der Waals surface area (Å²) < 4.78 is 12.0. The monoisotopic (exact) mass is 386 g/mol. The number of nitrogens with one attached hydrogen (secondary N) is 1. The summed E-state index contributed by atoms with van der Waals surface area (Å²) in [7, 11) is 0. The van der Waals surface area contributed by atoms with Crippen LogP contribution < -0.4 is 14.8 Å². The molecule has 2 aliphatic rings. The molecular formula is C26H28NO2. The van der Waals surface area contributed by atoms with Gasteiger partial charge in [-0.05, 0) is 54.8 Å². The fourth-order valence-corrected chi connectivity index (χ4v) is 3.69. The van der Waals surface area contributed by atoms with Crippen LogP contribution >= 0.6 is 0 Å². The molecule has 29 heavy (non-hydrogen) atoms. The summed E-state index contributed by atoms with van der Waals surface area (Å²) in [6.45, 7) is 0.563. The van der Waals surface area contributed by atoms with Gasteiger partial charge in [-0.1, -0.05) is 56.0 Å². The molecule has 4 rings (SSSR count). The van der Waals surface area contributed by atoms with Gasteiger partial charge in [-0.2, -0.15) is 0 Å². The van der Waals surface area contributed by atoms with Crippen LogP contribution in [0.4, 0.5) is 0 Å². The van der Waals surface area contributed by atoms with Crippen molar-refractivity contribution in [1.82, 2.24) is 5.32 Å². The predicted octanol–water partition coefficient (Wildman–Crippen LogP) is 6.46. The van der Waals surface area contributed by atoms with E-state index in [1.165, 1.54) is 50.1 Å². The Kier molecular flexibility index (Phi) is 6.69. The van der Waals surface area contributed by atoms with Crippen LogP contribution in [0, 0.1) is 5.92 Å². The van der Waals surface area contributed by atoms with Gasteiger partial charge in [-0.25, -0.2) is 0 Å². The first-order chi connectivity index (χ1) is 14.4. The molecule has 1 aliphatic heterocycles. The summed E-state index contributed by atoms with van der Waals surface area (Å²) in [5.74, 6) is 3.99. The molecule has 1 N–H and O–H groups in total. The van der Waals surface area contributed by atoms with Gasteiger partial charge in [0.05, 0.1) is 0 Å². The van der Waals surface area contributed by atoms with Gasteiger partial charge in [-0.3, -0.25) is 0 Å². The molecule has 3 nitrogen and oxygen atoms in total. The van der Waals surface area contributed by atoms with Gasteiger partial charge < -0.3 is 14.8 Å². The molecule has 149 valence electrons. The standard InChI is InChI=1S/C26H28NO2/c1-2-7-12-22(11-6-1)26-19-25(13-8-18-27-26)29-24-16-14-23(15-17-24)28-20-21-9-4-3-5-10-21/h3-5,8-10,13-19,27H,1-2,6-7,11-12,20H2. The highest BCUT2D eigenvalue weighted by molar-refractivity contribution is 5.38. The lowest BCUT2D eigenvalue weighted by atomic mass is 9.96. The van der Waals surface area contributed by atoms with Crippen LogP contribution in [0.25, 0.3) is 0 Å². The highest BCUT2D eigenvalue weighted by atomic mass is 16.5. The van der Waals surface area contributed by atoms with Crippen LogP contribution in [0.3, 0.4) is 0 Å². The summed E-state index contributed by atoms with van der Waals surface area (Å²) in [5, 5.41) is 3.43. The average Bonchev–Trinajstić information content (AvgIpc) is 3.17. The number of benzene rings is 2. The van der Waals surface area contributed by atoms with Crippen molar-refractivity contribution in [2.24, 2.45) is 0 Å². The van der Waals surface area contributed by atoms with Crippen molar-refractivity contribution in [3.8, 4) is 11.5 Å². The average molecular weight is 387 g/mol. The van der Waals surface area contributed by atoms with E-state index >= 15 is 0 Å². The first kappa shape index (κ1) is 19.4. The predicted molar refractivity (Wildman–Crippen MR) is 117 cm³/mol. The van der Waals surface area contributed by atoms with Gasteiger partial charge >= 0.3 is 0 Å². The quantitative estimate of drug-likeness (QED) is 0.578. The third kappa shape index (κ3) is 5.77. The van der Waals surface area contributed by atoms with E-state index in [4.69, 9.17) is 9.47 Å². The van der Waals surface area contributed by atoms with Crippen molar-refractivity contribution >= 4 is 0 Å². The maximum Gasteiger partial charge on any atom is 0.129 e. The van der Waals surface area contributed by atoms with Gasteiger partial charge in [0.15, 0.2) is 0 Å². The summed E-state index contributed by atoms with van der Waals surface area (Å²) in [5.41, 5.74) is 2.35. The van der Waals surface area contributed by atoms with Crippen LogP contribution in [0.2, 0.25) is 0 Å². The van der Waals surface area contributed by atoms with Crippen molar-refractivity contribution in [2.75, 3.05) is 0 Å². The van der Waals surface area contributed by atoms with Crippen LogP contribution in [0.5, 0.6) is 11.5 Å². The Morgan fingerprint density at radius 3 is 2.28 bits per heavy atom. The third-order valence-electron chi connectivity index (χ3n) is 5.28. The highest BCUT2D eigenvalue weighted by Crippen LogP contribution is 2.31. The largest absolute Gasteiger partial charge is 0.489 e. The second-order valence-corrected chi connectivity index (χ2v) is 7.50. The summed E-state index contributed by atoms with van der Waals surface area (Å²) >= 11 is 0. The second-order valence-electron chi connectivity index (χ2n) is 7.50. The van der Waals surface area contributed by atoms with Crippen molar-refractivity contribution in [1.29, 1.82) is 0 Å². The summed E-state index contributed by atoms with van der Waals surface area (Å²) in [4.78, 5) is 0. The number of rotatable bonds is 6. The zero-order valence-electron chi connectivity index (χ0n) is 16.8. The van der Waals surface area contributed by atoms with E-state index in [-0.39, 0.29) is 0 Å². The minimum atomic E-state index is 0.563. The zero-order valence-corrected chi connectivity index (χ0v) is 16.8. The summed E-state index contributed by atoms with van der Waals surface area (Å²) in [6.07, 6.45) is 15.7. The molecule has 0 atom stereocenters. The summed E-state index contributed by atoms with van der Waals surface area (Å²) in [6, 6.07) is 18.0. The van der Waals surface area contributed by atoms with Crippen molar-refractivity contribution in [2.45, 2.75) is 45.1 Å². The normalized spacial score (nSPS) is 17.4. The fraction of sp³-hybridized carbons (Fsp3) is 0.269. The van der Waals surface area contributed by atoms with E-state index < -0.39 is 0 Å².